The van der Waals surface area contributed by atoms with Gasteiger partial charge >= 0.3 is 0 Å². The molecule has 9 heteroatoms. The topological polar surface area (TPSA) is 48.5 Å². The maximum absolute atomic E-state index is 4.90. The first kappa shape index (κ1) is 28.0. The van der Waals surface area contributed by atoms with Gasteiger partial charge in [-0.05, 0) is 61.4 Å². The van der Waals surface area contributed by atoms with Gasteiger partial charge in [-0.1, -0.05) is 18.2 Å². The van der Waals surface area contributed by atoms with E-state index in [4.69, 9.17) is 15.0 Å². The minimum atomic E-state index is 0. The van der Waals surface area contributed by atoms with Crippen molar-refractivity contribution < 1.29 is 55.8 Å². The molecule has 0 spiro atoms. The Morgan fingerprint density at radius 2 is 1.00 bits per heavy atom. The molecule has 3 aromatic heterocycles. The van der Waals surface area contributed by atoms with Gasteiger partial charge in [0, 0.05) is 32.7 Å². The van der Waals surface area contributed by atoms with Crippen LogP contribution in [0.25, 0.3) is 45.1 Å². The van der Waals surface area contributed by atoms with Gasteiger partial charge in [0.05, 0.1) is 22.1 Å². The third kappa shape index (κ3) is 4.68. The number of rotatable bonds is 2. The predicted octanol–water partition coefficient (Wildman–Crippen LogP) is -4.18. The van der Waals surface area contributed by atoms with E-state index in [1.807, 2.05) is 32.3 Å². The Balaban J connectivity index is 0.00000128. The minimum Gasteiger partial charge on any atom is -1.00 e. The third-order valence-corrected chi connectivity index (χ3v) is 5.28. The second kappa shape index (κ2) is 10.7. The van der Waals surface area contributed by atoms with Gasteiger partial charge in [0.15, 0.2) is 11.6 Å². The Bertz CT molecular complexity index is 1280. The summed E-state index contributed by atoms with van der Waals surface area (Å²) in [6.45, 7) is 4.17. The summed E-state index contributed by atoms with van der Waals surface area (Å²) in [5, 5.41) is 0. The van der Waals surface area contributed by atoms with Crippen molar-refractivity contribution in [2.24, 2.45) is 14.1 Å². The van der Waals surface area contributed by atoms with E-state index in [9.17, 15) is 0 Å². The maximum atomic E-state index is 4.90. The Kier molecular flexibility index (Phi) is 9.40. The molecule has 0 aliphatic heterocycles. The Morgan fingerprint density at radius 3 is 1.41 bits per heavy atom. The van der Waals surface area contributed by atoms with Crippen LogP contribution in [0.5, 0.6) is 0 Å². The zero-order chi connectivity index (χ0) is 19.4. The van der Waals surface area contributed by atoms with Crippen molar-refractivity contribution in [3.05, 3.63) is 65.7 Å². The number of fused-ring (bicyclic) bond motifs is 2. The van der Waals surface area contributed by atoms with Crippen LogP contribution in [-0.4, -0.2) is 24.1 Å². The van der Waals surface area contributed by atoms with E-state index >= 15 is 0 Å². The fourth-order valence-corrected chi connectivity index (χ4v) is 3.76. The van der Waals surface area contributed by atoms with Gasteiger partial charge in [-0.25, -0.2) is 15.0 Å². The number of imidazole rings is 2. The largest absolute Gasteiger partial charge is 1.00 e. The summed E-state index contributed by atoms with van der Waals surface area (Å²) < 4.78 is 4.19. The van der Waals surface area contributed by atoms with Crippen LogP contribution < -0.4 is 37.2 Å². The van der Waals surface area contributed by atoms with Crippen molar-refractivity contribution in [2.45, 2.75) is 13.8 Å². The average molecular weight is 525 g/mol. The van der Waals surface area contributed by atoms with E-state index in [2.05, 4.69) is 59.4 Å². The standard InChI is InChI=1S/C23H21N5.3ClH.V/c1-14-8-10-20-18(12-14)25-22(27(20)3)16-6-5-7-17(24-16)23-26-19-13-15(2)9-11-21(19)28(23)4;;;;/h5-13H,1-4H3;3*1H;/p-3. The first-order valence-electron chi connectivity index (χ1n) is 9.35. The van der Waals surface area contributed by atoms with E-state index in [0.29, 0.717) is 0 Å². The van der Waals surface area contributed by atoms with Crippen molar-refractivity contribution in [3.8, 4) is 23.0 Å². The molecule has 0 fully saturated rings. The van der Waals surface area contributed by atoms with Gasteiger partial charge < -0.3 is 46.4 Å². The first-order chi connectivity index (χ1) is 13.5. The molecule has 0 saturated carbocycles. The molecule has 5 nitrogen and oxygen atoms in total. The van der Waals surface area contributed by atoms with Crippen molar-refractivity contribution >= 4 is 22.1 Å². The van der Waals surface area contributed by atoms with Gasteiger partial charge in [0.25, 0.3) is 0 Å². The number of pyridine rings is 1. The summed E-state index contributed by atoms with van der Waals surface area (Å²) in [5.41, 5.74) is 8.28. The fourth-order valence-electron chi connectivity index (χ4n) is 3.76. The van der Waals surface area contributed by atoms with E-state index in [1.165, 1.54) is 11.1 Å². The molecular formula is C23H21Cl3N5V-3. The minimum absolute atomic E-state index is 0. The molecule has 5 rings (SSSR count). The summed E-state index contributed by atoms with van der Waals surface area (Å²) in [6.07, 6.45) is 0. The number of halogens is 3. The maximum Gasteiger partial charge on any atom is 0.159 e. The Labute approximate surface area is 217 Å². The van der Waals surface area contributed by atoms with Gasteiger partial charge in [0.2, 0.25) is 0 Å². The molecule has 0 atom stereocenters. The summed E-state index contributed by atoms with van der Waals surface area (Å²) in [5.74, 6) is 1.72. The number of aromatic nitrogens is 5. The molecule has 2 aromatic carbocycles. The molecule has 3 heterocycles. The van der Waals surface area contributed by atoms with Gasteiger partial charge in [0.1, 0.15) is 11.4 Å². The predicted molar refractivity (Wildman–Crippen MR) is 113 cm³/mol. The smallest absolute Gasteiger partial charge is 0.159 e. The number of nitrogens with zero attached hydrogens (tertiary/aromatic N) is 5. The molecule has 0 amide bonds. The number of hydrogen-bond donors (Lipinski definition) is 0. The molecule has 5 aromatic rings. The molecule has 0 aliphatic carbocycles. The molecule has 0 unspecified atom stereocenters. The van der Waals surface area contributed by atoms with Crippen molar-refractivity contribution in [1.29, 1.82) is 0 Å². The first-order valence-corrected chi connectivity index (χ1v) is 9.35. The fraction of sp³-hybridized carbons (Fsp3) is 0.174. The van der Waals surface area contributed by atoms with Crippen LogP contribution in [0.1, 0.15) is 11.1 Å². The molecule has 0 bridgehead atoms. The van der Waals surface area contributed by atoms with Crippen LogP contribution in [0.4, 0.5) is 0 Å². The number of aryl methyl sites for hydroxylation is 4. The second-order valence-corrected chi connectivity index (χ2v) is 7.38. The van der Waals surface area contributed by atoms with Crippen molar-refractivity contribution in [2.75, 3.05) is 0 Å². The van der Waals surface area contributed by atoms with Crippen LogP contribution >= 0.6 is 0 Å². The Hall–Kier alpha value is -2.02. The van der Waals surface area contributed by atoms with Crippen LogP contribution in [0.3, 0.4) is 0 Å². The van der Waals surface area contributed by atoms with Gasteiger partial charge in [-0.15, -0.1) is 0 Å². The average Bonchev–Trinajstić information content (AvgIpc) is 3.18. The SMILES string of the molecule is Cc1ccc2c(c1)nc(-c1cccc(-c3nc4cc(C)ccc4n3C)n1)n2C.[Cl-].[Cl-].[Cl-].[V]. The van der Waals surface area contributed by atoms with E-state index < -0.39 is 0 Å². The van der Waals surface area contributed by atoms with E-state index in [1.54, 1.807) is 0 Å². The molecular weight excluding hydrogens is 504 g/mol. The second-order valence-electron chi connectivity index (χ2n) is 7.38. The molecule has 1 radical (unpaired) electrons. The van der Waals surface area contributed by atoms with Crippen LogP contribution in [0, 0.1) is 13.8 Å². The van der Waals surface area contributed by atoms with Crippen LogP contribution in [0.15, 0.2) is 54.6 Å². The van der Waals surface area contributed by atoms with E-state index in [0.717, 1.165) is 45.1 Å². The van der Waals surface area contributed by atoms with Crippen LogP contribution in [0.2, 0.25) is 0 Å². The summed E-state index contributed by atoms with van der Waals surface area (Å²) in [4.78, 5) is 14.6. The quantitative estimate of drug-likeness (QED) is 0.236. The molecule has 167 valence electrons. The summed E-state index contributed by atoms with van der Waals surface area (Å²) in [7, 11) is 4.07. The zero-order valence-corrected chi connectivity index (χ0v) is 21.7. The van der Waals surface area contributed by atoms with Crippen molar-refractivity contribution in [3.63, 3.8) is 0 Å². The summed E-state index contributed by atoms with van der Waals surface area (Å²) in [6, 6.07) is 18.7. The van der Waals surface area contributed by atoms with Crippen LogP contribution in [-0.2, 0) is 32.7 Å². The number of hydrogen-bond acceptors (Lipinski definition) is 3. The molecule has 0 saturated heterocycles. The monoisotopic (exact) mass is 523 g/mol. The molecule has 32 heavy (non-hydrogen) atoms. The Morgan fingerprint density at radius 1 is 0.594 bits per heavy atom. The zero-order valence-electron chi connectivity index (χ0n) is 18.0. The molecule has 0 aliphatic rings. The van der Waals surface area contributed by atoms with Gasteiger partial charge in [-0.3, -0.25) is 0 Å². The van der Waals surface area contributed by atoms with Crippen molar-refractivity contribution in [1.82, 2.24) is 24.1 Å². The summed E-state index contributed by atoms with van der Waals surface area (Å²) >= 11 is 0. The molecule has 0 N–H and O–H groups in total. The normalized spacial score (nSPS) is 10.1. The van der Waals surface area contributed by atoms with E-state index in [-0.39, 0.29) is 55.8 Å². The number of benzene rings is 2. The third-order valence-electron chi connectivity index (χ3n) is 5.28. The van der Waals surface area contributed by atoms with Gasteiger partial charge in [-0.2, -0.15) is 0 Å².